The molecule has 0 aliphatic heterocycles. The van der Waals surface area contributed by atoms with Crippen molar-refractivity contribution in [2.24, 2.45) is 0 Å². The maximum Gasteiger partial charge on any atom is 0.170 e. The van der Waals surface area contributed by atoms with Crippen LogP contribution >= 0.6 is 0 Å². The highest BCUT2D eigenvalue weighted by Crippen LogP contribution is 2.21. The molecule has 0 fully saturated rings. The summed E-state index contributed by atoms with van der Waals surface area (Å²) in [6, 6.07) is 11.7. The van der Waals surface area contributed by atoms with Gasteiger partial charge in [0, 0.05) is 23.1 Å². The van der Waals surface area contributed by atoms with Gasteiger partial charge in [-0.2, -0.15) is 0 Å². The molecule has 23 heavy (non-hydrogen) atoms. The van der Waals surface area contributed by atoms with Crippen molar-refractivity contribution in [3.8, 4) is 0 Å². The summed E-state index contributed by atoms with van der Waals surface area (Å²) in [6.07, 6.45) is 0.0236. The quantitative estimate of drug-likeness (QED) is 0.664. The SMILES string of the molecule is Cc1ccc2cccc(CC(=O)c3ccc(F)c(C)c3F)c2n1. The lowest BCUT2D eigenvalue weighted by Crippen LogP contribution is -2.09. The molecule has 0 spiro atoms. The number of rotatable bonds is 3. The number of para-hydroxylation sites is 1. The van der Waals surface area contributed by atoms with Gasteiger partial charge in [-0.1, -0.05) is 24.3 Å². The van der Waals surface area contributed by atoms with Crippen molar-refractivity contribution in [2.45, 2.75) is 20.3 Å². The zero-order valence-electron chi connectivity index (χ0n) is 12.9. The first-order valence-corrected chi connectivity index (χ1v) is 7.30. The normalized spacial score (nSPS) is 11.0. The van der Waals surface area contributed by atoms with E-state index in [0.29, 0.717) is 0 Å². The van der Waals surface area contributed by atoms with Gasteiger partial charge in [-0.25, -0.2) is 8.78 Å². The molecule has 0 bridgehead atoms. The molecule has 2 aromatic carbocycles. The van der Waals surface area contributed by atoms with Crippen LogP contribution in [0, 0.1) is 25.5 Å². The number of aryl methyl sites for hydroxylation is 1. The van der Waals surface area contributed by atoms with Crippen LogP contribution in [-0.4, -0.2) is 10.8 Å². The smallest absolute Gasteiger partial charge is 0.170 e. The highest BCUT2D eigenvalue weighted by atomic mass is 19.1. The second-order valence-electron chi connectivity index (χ2n) is 5.58. The fourth-order valence-electron chi connectivity index (χ4n) is 2.59. The number of benzene rings is 2. The molecule has 0 saturated heterocycles. The Labute approximate surface area is 132 Å². The van der Waals surface area contributed by atoms with E-state index in [1.165, 1.54) is 13.0 Å². The van der Waals surface area contributed by atoms with Crippen LogP contribution < -0.4 is 0 Å². The second kappa shape index (κ2) is 5.88. The predicted molar refractivity (Wildman–Crippen MR) is 85.6 cm³/mol. The molecule has 2 nitrogen and oxygen atoms in total. The molecular weight excluding hydrogens is 296 g/mol. The molecule has 0 amide bonds. The lowest BCUT2D eigenvalue weighted by Gasteiger charge is -2.08. The lowest BCUT2D eigenvalue weighted by molar-refractivity contribution is 0.0989. The van der Waals surface area contributed by atoms with E-state index in [-0.39, 0.29) is 23.3 Å². The molecule has 0 saturated carbocycles. The maximum atomic E-state index is 14.1. The third-order valence-electron chi connectivity index (χ3n) is 3.91. The second-order valence-corrected chi connectivity index (χ2v) is 5.58. The molecular formula is C19H15F2NO. The first kappa shape index (κ1) is 15.3. The van der Waals surface area contributed by atoms with E-state index in [0.717, 1.165) is 28.2 Å². The average Bonchev–Trinajstić information content (AvgIpc) is 2.53. The van der Waals surface area contributed by atoms with Crippen molar-refractivity contribution in [1.82, 2.24) is 4.98 Å². The summed E-state index contributed by atoms with van der Waals surface area (Å²) in [5.41, 5.74) is 2.09. The summed E-state index contributed by atoms with van der Waals surface area (Å²) < 4.78 is 27.5. The van der Waals surface area contributed by atoms with E-state index in [2.05, 4.69) is 4.98 Å². The van der Waals surface area contributed by atoms with E-state index in [1.807, 2.05) is 31.2 Å². The first-order chi connectivity index (χ1) is 11.0. The predicted octanol–water partition coefficient (Wildman–Crippen LogP) is 4.56. The molecule has 0 radical (unpaired) electrons. The van der Waals surface area contributed by atoms with Crippen molar-refractivity contribution >= 4 is 16.7 Å². The third-order valence-corrected chi connectivity index (χ3v) is 3.91. The number of hydrogen-bond acceptors (Lipinski definition) is 2. The Hall–Kier alpha value is -2.62. The van der Waals surface area contributed by atoms with Crippen LogP contribution in [0.4, 0.5) is 8.78 Å². The van der Waals surface area contributed by atoms with Gasteiger partial charge < -0.3 is 0 Å². The van der Waals surface area contributed by atoms with Crippen LogP contribution in [0.2, 0.25) is 0 Å². The first-order valence-electron chi connectivity index (χ1n) is 7.30. The fourth-order valence-corrected chi connectivity index (χ4v) is 2.59. The number of aromatic nitrogens is 1. The summed E-state index contributed by atoms with van der Waals surface area (Å²) in [6.45, 7) is 3.20. The molecule has 0 aliphatic rings. The van der Waals surface area contributed by atoms with Gasteiger partial charge >= 0.3 is 0 Å². The Bertz CT molecular complexity index is 919. The number of fused-ring (bicyclic) bond motifs is 1. The molecule has 0 N–H and O–H groups in total. The van der Waals surface area contributed by atoms with Crippen LogP contribution in [0.3, 0.4) is 0 Å². The van der Waals surface area contributed by atoms with E-state index in [4.69, 9.17) is 0 Å². The van der Waals surface area contributed by atoms with E-state index >= 15 is 0 Å². The number of nitrogens with zero attached hydrogens (tertiary/aromatic N) is 1. The summed E-state index contributed by atoms with van der Waals surface area (Å²) in [4.78, 5) is 16.9. The number of carbonyl (C=O) groups is 1. The van der Waals surface area contributed by atoms with E-state index in [9.17, 15) is 13.6 Å². The van der Waals surface area contributed by atoms with Crippen molar-refractivity contribution in [3.05, 3.63) is 76.5 Å². The van der Waals surface area contributed by atoms with Crippen molar-refractivity contribution in [3.63, 3.8) is 0 Å². The molecule has 1 aromatic heterocycles. The molecule has 3 aromatic rings. The van der Waals surface area contributed by atoms with Crippen LogP contribution in [0.15, 0.2) is 42.5 Å². The highest BCUT2D eigenvalue weighted by molar-refractivity contribution is 6.00. The van der Waals surface area contributed by atoms with E-state index in [1.54, 1.807) is 6.07 Å². The van der Waals surface area contributed by atoms with Crippen molar-refractivity contribution in [2.75, 3.05) is 0 Å². The molecule has 4 heteroatoms. The molecule has 0 unspecified atom stereocenters. The Kier molecular flexibility index (Phi) is 3.90. The Balaban J connectivity index is 2.01. The van der Waals surface area contributed by atoms with Crippen LogP contribution in [0.25, 0.3) is 10.9 Å². The maximum absolute atomic E-state index is 14.1. The van der Waals surface area contributed by atoms with Crippen molar-refractivity contribution in [1.29, 1.82) is 0 Å². The number of ketones is 1. The minimum atomic E-state index is -0.792. The summed E-state index contributed by atoms with van der Waals surface area (Å²) in [7, 11) is 0. The standard InChI is InChI=1S/C19H15F2NO/c1-11-6-7-13-4-3-5-14(19(13)22-11)10-17(23)15-8-9-16(20)12(2)18(15)21/h3-9H,10H2,1-2H3. The van der Waals surface area contributed by atoms with E-state index < -0.39 is 11.6 Å². The lowest BCUT2D eigenvalue weighted by atomic mass is 9.98. The molecule has 0 atom stereocenters. The average molecular weight is 311 g/mol. The van der Waals surface area contributed by atoms with Gasteiger partial charge in [0.1, 0.15) is 11.6 Å². The Morgan fingerprint density at radius 3 is 2.61 bits per heavy atom. The summed E-state index contributed by atoms with van der Waals surface area (Å²) in [5.74, 6) is -1.83. The van der Waals surface area contributed by atoms with Crippen LogP contribution in [0.5, 0.6) is 0 Å². The largest absolute Gasteiger partial charge is 0.294 e. The van der Waals surface area contributed by atoms with Gasteiger partial charge in [0.15, 0.2) is 5.78 Å². The van der Waals surface area contributed by atoms with Gasteiger partial charge in [0.25, 0.3) is 0 Å². The molecule has 1 heterocycles. The molecule has 0 aliphatic carbocycles. The number of Topliss-reactive ketones (excluding diaryl/α,β-unsaturated/α-hetero) is 1. The van der Waals surface area contributed by atoms with Gasteiger partial charge in [-0.3, -0.25) is 9.78 Å². The highest BCUT2D eigenvalue weighted by Gasteiger charge is 2.17. The van der Waals surface area contributed by atoms with Gasteiger partial charge in [0.2, 0.25) is 0 Å². The van der Waals surface area contributed by atoms with Gasteiger partial charge in [0.05, 0.1) is 11.1 Å². The van der Waals surface area contributed by atoms with Crippen molar-refractivity contribution < 1.29 is 13.6 Å². The monoisotopic (exact) mass is 311 g/mol. The number of pyridine rings is 1. The molecule has 116 valence electrons. The van der Waals surface area contributed by atoms with Crippen LogP contribution in [-0.2, 0) is 6.42 Å². The van der Waals surface area contributed by atoms with Gasteiger partial charge in [-0.15, -0.1) is 0 Å². The third kappa shape index (κ3) is 2.84. The molecule has 3 rings (SSSR count). The minimum Gasteiger partial charge on any atom is -0.294 e. The topological polar surface area (TPSA) is 30.0 Å². The summed E-state index contributed by atoms with van der Waals surface area (Å²) in [5, 5.41) is 0.927. The zero-order valence-corrected chi connectivity index (χ0v) is 12.9. The Morgan fingerprint density at radius 2 is 1.83 bits per heavy atom. The summed E-state index contributed by atoms with van der Waals surface area (Å²) >= 11 is 0. The zero-order chi connectivity index (χ0) is 16.6. The fraction of sp³-hybridized carbons (Fsp3) is 0.158. The minimum absolute atomic E-state index is 0.0236. The number of carbonyl (C=O) groups excluding carboxylic acids is 1. The van der Waals surface area contributed by atoms with Gasteiger partial charge in [-0.05, 0) is 37.6 Å². The Morgan fingerprint density at radius 1 is 1.04 bits per heavy atom. The van der Waals surface area contributed by atoms with Crippen LogP contribution in [0.1, 0.15) is 27.2 Å². The number of halogens is 2. The number of hydrogen-bond donors (Lipinski definition) is 0.